The highest BCUT2D eigenvalue weighted by Crippen LogP contribution is 2.25. The Hall–Kier alpha value is -1.63. The molecule has 0 aliphatic carbocycles. The van der Waals surface area contributed by atoms with Crippen LogP contribution in [-0.4, -0.2) is 5.78 Å². The van der Waals surface area contributed by atoms with Crippen LogP contribution >= 0.6 is 0 Å². The predicted octanol–water partition coefficient (Wildman–Crippen LogP) is 4.95. The van der Waals surface area contributed by atoms with Crippen LogP contribution in [0.25, 0.3) is 10.8 Å². The predicted molar refractivity (Wildman–Crippen MR) is 81.9 cm³/mol. The molecule has 0 N–H and O–H groups in total. The van der Waals surface area contributed by atoms with Crippen molar-refractivity contribution in [3.8, 4) is 0 Å². The molecule has 1 heteroatoms. The third-order valence-electron chi connectivity index (χ3n) is 3.61. The zero-order chi connectivity index (χ0) is 13.8. The van der Waals surface area contributed by atoms with Gasteiger partial charge in [0.05, 0.1) is 0 Å². The Labute approximate surface area is 115 Å². The second kappa shape index (κ2) is 6.01. The summed E-state index contributed by atoms with van der Waals surface area (Å²) in [6.07, 6.45) is 4.30. The molecular weight excluding hydrogens is 232 g/mol. The number of ketones is 1. The van der Waals surface area contributed by atoms with Gasteiger partial charge in [0.25, 0.3) is 0 Å². The molecule has 0 spiro atoms. The minimum Gasteiger partial charge on any atom is -0.295 e. The van der Waals surface area contributed by atoms with Crippen LogP contribution in [0.2, 0.25) is 0 Å². The molecule has 0 saturated carbocycles. The lowest BCUT2D eigenvalue weighted by Crippen LogP contribution is -2.00. The molecule has 19 heavy (non-hydrogen) atoms. The first-order valence-electron chi connectivity index (χ1n) is 7.22. The van der Waals surface area contributed by atoms with Crippen molar-refractivity contribution in [1.29, 1.82) is 0 Å². The van der Waals surface area contributed by atoms with Crippen molar-refractivity contribution >= 4 is 16.6 Å². The number of carbonyl (C=O) groups is 1. The van der Waals surface area contributed by atoms with Crippen molar-refractivity contribution in [2.75, 3.05) is 0 Å². The molecule has 0 heterocycles. The molecule has 0 fully saturated rings. The Morgan fingerprint density at radius 3 is 2.32 bits per heavy atom. The second-order valence-corrected chi connectivity index (χ2v) is 5.20. The number of Topliss-reactive ketones (excluding diaryl/α,β-unsaturated/α-hetero) is 1. The highest BCUT2D eigenvalue weighted by molar-refractivity contribution is 6.00. The average molecular weight is 254 g/mol. The Morgan fingerprint density at radius 1 is 1.00 bits per heavy atom. The van der Waals surface area contributed by atoms with Gasteiger partial charge < -0.3 is 0 Å². The maximum atomic E-state index is 11.8. The number of carbonyl (C=O) groups excluding carboxylic acids is 1. The zero-order valence-corrected chi connectivity index (χ0v) is 12.1. The number of hydrogen-bond donors (Lipinski definition) is 0. The lowest BCUT2D eigenvalue weighted by atomic mass is 9.92. The molecular formula is C18H22O. The van der Waals surface area contributed by atoms with Crippen molar-refractivity contribution < 1.29 is 4.79 Å². The van der Waals surface area contributed by atoms with E-state index in [-0.39, 0.29) is 5.78 Å². The topological polar surface area (TPSA) is 17.1 Å². The fourth-order valence-electron chi connectivity index (χ4n) is 2.73. The summed E-state index contributed by atoms with van der Waals surface area (Å²) >= 11 is 0. The molecule has 0 atom stereocenters. The summed E-state index contributed by atoms with van der Waals surface area (Å²) in [6, 6.07) is 10.7. The van der Waals surface area contributed by atoms with Crippen LogP contribution in [-0.2, 0) is 12.8 Å². The quantitative estimate of drug-likeness (QED) is 0.690. The Kier molecular flexibility index (Phi) is 4.36. The first-order chi connectivity index (χ1) is 9.17. The van der Waals surface area contributed by atoms with Gasteiger partial charge in [-0.1, -0.05) is 51.0 Å². The van der Waals surface area contributed by atoms with Crippen LogP contribution in [0, 0.1) is 0 Å². The van der Waals surface area contributed by atoms with Gasteiger partial charge in [0.1, 0.15) is 0 Å². The molecule has 0 unspecified atom stereocenters. The Morgan fingerprint density at radius 2 is 1.68 bits per heavy atom. The van der Waals surface area contributed by atoms with E-state index in [1.54, 1.807) is 6.92 Å². The highest BCUT2D eigenvalue weighted by atomic mass is 16.1. The molecule has 0 aliphatic rings. The third-order valence-corrected chi connectivity index (χ3v) is 3.61. The lowest BCUT2D eigenvalue weighted by molar-refractivity contribution is 0.101. The van der Waals surface area contributed by atoms with Crippen molar-refractivity contribution in [2.45, 2.75) is 46.5 Å². The van der Waals surface area contributed by atoms with Crippen molar-refractivity contribution in [3.63, 3.8) is 0 Å². The molecule has 0 aromatic heterocycles. The van der Waals surface area contributed by atoms with E-state index in [1.807, 2.05) is 0 Å². The molecule has 1 nitrogen and oxygen atoms in total. The van der Waals surface area contributed by atoms with E-state index in [4.69, 9.17) is 0 Å². The molecule has 0 bridgehead atoms. The van der Waals surface area contributed by atoms with Gasteiger partial charge in [-0.15, -0.1) is 0 Å². The molecule has 100 valence electrons. The van der Waals surface area contributed by atoms with Crippen molar-refractivity contribution in [2.24, 2.45) is 0 Å². The summed E-state index contributed by atoms with van der Waals surface area (Å²) in [5.74, 6) is 0.172. The SMILES string of the molecule is CCCc1cc2c(CCC)cccc2cc1C(C)=O. The first-order valence-corrected chi connectivity index (χ1v) is 7.22. The molecule has 0 amide bonds. The molecule has 2 rings (SSSR count). The zero-order valence-electron chi connectivity index (χ0n) is 12.1. The van der Waals surface area contributed by atoms with Gasteiger partial charge >= 0.3 is 0 Å². The molecule has 2 aromatic carbocycles. The van der Waals surface area contributed by atoms with E-state index in [2.05, 4.69) is 44.2 Å². The van der Waals surface area contributed by atoms with E-state index in [1.165, 1.54) is 21.9 Å². The van der Waals surface area contributed by atoms with Gasteiger partial charge in [0.2, 0.25) is 0 Å². The summed E-state index contributed by atoms with van der Waals surface area (Å²) in [5, 5.41) is 2.51. The minimum atomic E-state index is 0.172. The second-order valence-electron chi connectivity index (χ2n) is 5.20. The molecule has 0 aliphatic heterocycles. The number of aryl methyl sites for hydroxylation is 2. The monoisotopic (exact) mass is 254 g/mol. The summed E-state index contributed by atoms with van der Waals surface area (Å²) in [4.78, 5) is 11.8. The Bertz CT molecular complexity index is 596. The number of hydrogen-bond acceptors (Lipinski definition) is 1. The van der Waals surface area contributed by atoms with Gasteiger partial charge in [-0.25, -0.2) is 0 Å². The van der Waals surface area contributed by atoms with Crippen LogP contribution in [0.5, 0.6) is 0 Å². The van der Waals surface area contributed by atoms with E-state index in [9.17, 15) is 4.79 Å². The van der Waals surface area contributed by atoms with Crippen molar-refractivity contribution in [3.05, 3.63) is 47.0 Å². The molecule has 0 saturated heterocycles. The highest BCUT2D eigenvalue weighted by Gasteiger charge is 2.10. The van der Waals surface area contributed by atoms with E-state index in [0.717, 1.165) is 31.2 Å². The lowest BCUT2D eigenvalue weighted by Gasteiger charge is -2.11. The van der Waals surface area contributed by atoms with Gasteiger partial charge in [-0.05, 0) is 47.7 Å². The Balaban J connectivity index is 2.66. The number of fused-ring (bicyclic) bond motifs is 1. The summed E-state index contributed by atoms with van der Waals surface area (Å²) < 4.78 is 0. The standard InChI is InChI=1S/C18H22O/c1-4-7-14-9-6-10-16-11-17(13(3)19)15(8-5-2)12-18(14)16/h6,9-12H,4-5,7-8H2,1-3H3. The maximum Gasteiger partial charge on any atom is 0.160 e. The molecule has 2 aromatic rings. The minimum absolute atomic E-state index is 0.172. The fourth-order valence-corrected chi connectivity index (χ4v) is 2.73. The van der Waals surface area contributed by atoms with Crippen molar-refractivity contribution in [1.82, 2.24) is 0 Å². The van der Waals surface area contributed by atoms with Gasteiger partial charge in [0, 0.05) is 5.56 Å². The molecule has 0 radical (unpaired) electrons. The van der Waals surface area contributed by atoms with E-state index < -0.39 is 0 Å². The number of rotatable bonds is 5. The van der Waals surface area contributed by atoms with Crippen LogP contribution in [0.1, 0.15) is 55.1 Å². The smallest absolute Gasteiger partial charge is 0.160 e. The van der Waals surface area contributed by atoms with E-state index >= 15 is 0 Å². The largest absolute Gasteiger partial charge is 0.295 e. The summed E-state index contributed by atoms with van der Waals surface area (Å²) in [7, 11) is 0. The summed E-state index contributed by atoms with van der Waals surface area (Å²) in [5.41, 5.74) is 3.49. The van der Waals surface area contributed by atoms with Crippen LogP contribution in [0.4, 0.5) is 0 Å². The normalized spacial score (nSPS) is 10.9. The maximum absolute atomic E-state index is 11.8. The first kappa shape index (κ1) is 13.8. The number of benzene rings is 2. The van der Waals surface area contributed by atoms with Gasteiger partial charge in [-0.3, -0.25) is 4.79 Å². The fraction of sp³-hybridized carbons (Fsp3) is 0.389. The van der Waals surface area contributed by atoms with Crippen LogP contribution in [0.3, 0.4) is 0 Å². The third kappa shape index (κ3) is 2.86. The van der Waals surface area contributed by atoms with Gasteiger partial charge in [-0.2, -0.15) is 0 Å². The average Bonchev–Trinajstić information content (AvgIpc) is 2.39. The summed E-state index contributed by atoms with van der Waals surface area (Å²) in [6.45, 7) is 6.03. The van der Waals surface area contributed by atoms with E-state index in [0.29, 0.717) is 0 Å². The van der Waals surface area contributed by atoms with Crippen LogP contribution in [0.15, 0.2) is 30.3 Å². The van der Waals surface area contributed by atoms with Gasteiger partial charge in [0.15, 0.2) is 5.78 Å². The van der Waals surface area contributed by atoms with Crippen LogP contribution < -0.4 is 0 Å².